The van der Waals surface area contributed by atoms with Crippen LogP contribution < -0.4 is 10.6 Å². The first-order valence-electron chi connectivity index (χ1n) is 8.66. The lowest BCUT2D eigenvalue weighted by Crippen LogP contribution is -2.27. The molecule has 2 aromatic carbocycles. The first kappa shape index (κ1) is 19.5. The number of carbonyl (C=O) groups excluding carboxylic acids is 2. The molecule has 0 saturated carbocycles. The summed E-state index contributed by atoms with van der Waals surface area (Å²) >= 11 is 1.52. The van der Waals surface area contributed by atoms with Gasteiger partial charge in [-0.25, -0.2) is 4.39 Å². The lowest BCUT2D eigenvalue weighted by Gasteiger charge is -2.17. The van der Waals surface area contributed by atoms with E-state index in [4.69, 9.17) is 0 Å². The summed E-state index contributed by atoms with van der Waals surface area (Å²) in [5, 5.41) is 7.46. The molecule has 28 heavy (non-hydrogen) atoms. The van der Waals surface area contributed by atoms with E-state index in [0.29, 0.717) is 5.56 Å². The van der Waals surface area contributed by atoms with E-state index in [0.717, 1.165) is 16.0 Å². The molecule has 142 valence electrons. The summed E-state index contributed by atoms with van der Waals surface area (Å²) in [6.45, 7) is 0. The molecule has 0 aliphatic rings. The van der Waals surface area contributed by atoms with Crippen LogP contribution >= 0.6 is 11.3 Å². The summed E-state index contributed by atoms with van der Waals surface area (Å²) in [7, 11) is 1.58. The molecule has 1 unspecified atom stereocenters. The van der Waals surface area contributed by atoms with Crippen molar-refractivity contribution in [1.29, 1.82) is 0 Å². The van der Waals surface area contributed by atoms with Gasteiger partial charge in [0, 0.05) is 23.6 Å². The van der Waals surface area contributed by atoms with Crippen LogP contribution in [0.5, 0.6) is 0 Å². The van der Waals surface area contributed by atoms with E-state index in [9.17, 15) is 14.0 Å². The van der Waals surface area contributed by atoms with Gasteiger partial charge in [0.15, 0.2) is 0 Å². The average molecular weight is 394 g/mol. The monoisotopic (exact) mass is 394 g/mol. The lowest BCUT2D eigenvalue weighted by molar-refractivity contribution is -0.116. The molecule has 0 spiro atoms. The molecule has 2 N–H and O–H groups in total. The van der Waals surface area contributed by atoms with Crippen molar-refractivity contribution in [2.24, 2.45) is 0 Å². The molecule has 1 atom stereocenters. The quantitative estimate of drug-likeness (QED) is 0.617. The number of thiophene rings is 1. The van der Waals surface area contributed by atoms with Crippen LogP contribution in [0.3, 0.4) is 0 Å². The number of nitrogens with one attached hydrogen (secondary N) is 2. The fourth-order valence-electron chi connectivity index (χ4n) is 2.68. The highest BCUT2D eigenvalue weighted by Crippen LogP contribution is 2.26. The Kier molecular flexibility index (Phi) is 6.34. The second-order valence-corrected chi connectivity index (χ2v) is 7.02. The third kappa shape index (κ3) is 4.92. The number of hydrogen-bond acceptors (Lipinski definition) is 3. The normalized spacial score (nSPS) is 11.9. The van der Waals surface area contributed by atoms with Gasteiger partial charge in [-0.05, 0) is 52.9 Å². The Labute approximate surface area is 166 Å². The predicted molar refractivity (Wildman–Crippen MR) is 110 cm³/mol. The SMILES string of the molecule is CNC(=O)c1ccc(/C=C/C(=O)NC(c2ccc(F)cc2)c2cccs2)cc1. The highest BCUT2D eigenvalue weighted by molar-refractivity contribution is 7.10. The van der Waals surface area contributed by atoms with Crippen molar-refractivity contribution in [3.63, 3.8) is 0 Å². The molecular formula is C22H19FN2O2S. The molecule has 0 aliphatic heterocycles. The van der Waals surface area contributed by atoms with E-state index in [2.05, 4.69) is 10.6 Å². The number of halogens is 1. The zero-order valence-corrected chi connectivity index (χ0v) is 16.0. The molecule has 0 radical (unpaired) electrons. The van der Waals surface area contributed by atoms with Gasteiger partial charge in [-0.15, -0.1) is 11.3 Å². The molecule has 0 bridgehead atoms. The minimum absolute atomic E-state index is 0.161. The largest absolute Gasteiger partial charge is 0.355 e. The van der Waals surface area contributed by atoms with Crippen LogP contribution in [0.1, 0.15) is 32.4 Å². The molecule has 0 fully saturated rings. The van der Waals surface area contributed by atoms with Crippen LogP contribution in [0, 0.1) is 5.82 Å². The number of rotatable bonds is 6. The molecule has 6 heteroatoms. The van der Waals surface area contributed by atoms with E-state index < -0.39 is 0 Å². The average Bonchev–Trinajstić information content (AvgIpc) is 3.25. The van der Waals surface area contributed by atoms with Gasteiger partial charge in [0.1, 0.15) is 5.82 Å². The maximum absolute atomic E-state index is 13.2. The Morgan fingerprint density at radius 3 is 2.36 bits per heavy atom. The van der Waals surface area contributed by atoms with Gasteiger partial charge in [-0.1, -0.05) is 30.3 Å². The first-order valence-corrected chi connectivity index (χ1v) is 9.54. The number of benzene rings is 2. The predicted octanol–water partition coefficient (Wildman–Crippen LogP) is 4.17. The Morgan fingerprint density at radius 2 is 1.75 bits per heavy atom. The van der Waals surface area contributed by atoms with Crippen molar-refractivity contribution in [1.82, 2.24) is 10.6 Å². The van der Waals surface area contributed by atoms with E-state index >= 15 is 0 Å². The molecule has 3 rings (SSSR count). The number of hydrogen-bond donors (Lipinski definition) is 2. The second-order valence-electron chi connectivity index (χ2n) is 6.04. The number of amides is 2. The fraction of sp³-hybridized carbons (Fsp3) is 0.0909. The number of carbonyl (C=O) groups is 2. The van der Waals surface area contributed by atoms with Crippen LogP contribution in [0.2, 0.25) is 0 Å². The van der Waals surface area contributed by atoms with Crippen LogP contribution in [0.15, 0.2) is 72.1 Å². The van der Waals surface area contributed by atoms with Gasteiger partial charge in [-0.2, -0.15) is 0 Å². The molecule has 0 aliphatic carbocycles. The summed E-state index contributed by atoms with van der Waals surface area (Å²) in [4.78, 5) is 25.0. The van der Waals surface area contributed by atoms with Crippen molar-refractivity contribution in [2.75, 3.05) is 7.05 Å². The standard InChI is InChI=1S/C22H19FN2O2S/c1-24-22(27)17-7-4-15(5-8-17)6-13-20(26)25-21(19-3-2-14-28-19)16-9-11-18(23)12-10-16/h2-14,21H,1H3,(H,24,27)(H,25,26)/b13-6+. The molecule has 1 heterocycles. The molecule has 4 nitrogen and oxygen atoms in total. The summed E-state index contributed by atoms with van der Waals surface area (Å²) in [5.74, 6) is -0.746. The smallest absolute Gasteiger partial charge is 0.251 e. The third-order valence-corrected chi connectivity index (χ3v) is 5.08. The topological polar surface area (TPSA) is 58.2 Å². The van der Waals surface area contributed by atoms with Crippen LogP contribution in [-0.2, 0) is 4.79 Å². The van der Waals surface area contributed by atoms with Gasteiger partial charge in [-0.3, -0.25) is 9.59 Å². The third-order valence-electron chi connectivity index (χ3n) is 4.14. The highest BCUT2D eigenvalue weighted by Gasteiger charge is 2.17. The Bertz CT molecular complexity index is 965. The van der Waals surface area contributed by atoms with Gasteiger partial charge < -0.3 is 10.6 Å². The molecule has 2 amide bonds. The van der Waals surface area contributed by atoms with E-state index in [1.54, 1.807) is 49.5 Å². The minimum atomic E-state index is -0.353. The Balaban J connectivity index is 1.72. The fourth-order valence-corrected chi connectivity index (χ4v) is 3.48. The van der Waals surface area contributed by atoms with Crippen LogP contribution in [0.25, 0.3) is 6.08 Å². The summed E-state index contributed by atoms with van der Waals surface area (Å²) in [5.41, 5.74) is 2.16. The van der Waals surface area contributed by atoms with Crippen molar-refractivity contribution in [3.8, 4) is 0 Å². The summed E-state index contributed by atoms with van der Waals surface area (Å²) in [6, 6.07) is 16.5. The van der Waals surface area contributed by atoms with Gasteiger partial charge in [0.25, 0.3) is 5.91 Å². The first-order chi connectivity index (χ1) is 13.6. The summed E-state index contributed by atoms with van der Waals surface area (Å²) in [6.07, 6.45) is 3.12. The van der Waals surface area contributed by atoms with Gasteiger partial charge >= 0.3 is 0 Å². The zero-order chi connectivity index (χ0) is 19.9. The van der Waals surface area contributed by atoms with E-state index in [1.807, 2.05) is 17.5 Å². The van der Waals surface area contributed by atoms with E-state index in [-0.39, 0.29) is 23.7 Å². The van der Waals surface area contributed by atoms with Crippen LogP contribution in [-0.4, -0.2) is 18.9 Å². The van der Waals surface area contributed by atoms with Gasteiger partial charge in [0.05, 0.1) is 6.04 Å². The lowest BCUT2D eigenvalue weighted by atomic mass is 10.1. The van der Waals surface area contributed by atoms with E-state index in [1.165, 1.54) is 29.5 Å². The van der Waals surface area contributed by atoms with Crippen molar-refractivity contribution < 1.29 is 14.0 Å². The molecular weight excluding hydrogens is 375 g/mol. The maximum Gasteiger partial charge on any atom is 0.251 e. The highest BCUT2D eigenvalue weighted by atomic mass is 32.1. The minimum Gasteiger partial charge on any atom is -0.355 e. The maximum atomic E-state index is 13.2. The molecule has 0 saturated heterocycles. The van der Waals surface area contributed by atoms with Crippen molar-refractivity contribution in [3.05, 3.63) is 99.5 Å². The van der Waals surface area contributed by atoms with Crippen LogP contribution in [0.4, 0.5) is 4.39 Å². The van der Waals surface area contributed by atoms with Crippen molar-refractivity contribution >= 4 is 29.2 Å². The zero-order valence-electron chi connectivity index (χ0n) is 15.2. The van der Waals surface area contributed by atoms with Gasteiger partial charge in [0.2, 0.25) is 5.91 Å². The summed E-state index contributed by atoms with van der Waals surface area (Å²) < 4.78 is 13.2. The molecule has 1 aromatic heterocycles. The van der Waals surface area contributed by atoms with Crippen molar-refractivity contribution in [2.45, 2.75) is 6.04 Å². The Hall–Kier alpha value is -3.25. The molecule has 3 aromatic rings. The second kappa shape index (κ2) is 9.10. The Morgan fingerprint density at radius 1 is 1.04 bits per heavy atom.